The number of hydrogen-bond acceptors (Lipinski definition) is 3. The summed E-state index contributed by atoms with van der Waals surface area (Å²) in [6, 6.07) is -0.412. The Morgan fingerprint density at radius 2 is 2.29 bits per heavy atom. The van der Waals surface area contributed by atoms with Gasteiger partial charge in [0.25, 0.3) is 0 Å². The lowest BCUT2D eigenvalue weighted by Crippen LogP contribution is -2.39. The molecule has 1 heterocycles. The maximum Gasteiger partial charge on any atom is 0.320 e. The molecule has 1 rings (SSSR count). The van der Waals surface area contributed by atoms with E-state index in [-0.39, 0.29) is 11.0 Å². The monoisotopic (exact) mass is 217 g/mol. The molecule has 1 aliphatic rings. The van der Waals surface area contributed by atoms with Crippen molar-refractivity contribution in [2.24, 2.45) is 5.92 Å². The molecule has 0 aromatic carbocycles. The minimum absolute atomic E-state index is 0.180. The van der Waals surface area contributed by atoms with Crippen LogP contribution in [0.25, 0.3) is 0 Å². The summed E-state index contributed by atoms with van der Waals surface area (Å²) in [5, 5.41) is 8.71. The summed E-state index contributed by atoms with van der Waals surface area (Å²) in [6.07, 6.45) is 1.58. The second-order valence-electron chi connectivity index (χ2n) is 3.73. The highest BCUT2D eigenvalue weighted by molar-refractivity contribution is 7.96. The zero-order chi connectivity index (χ0) is 10.7. The molecule has 0 radical (unpaired) electrons. The first-order valence-electron chi connectivity index (χ1n) is 4.72. The Hall–Kier alpha value is -0.550. The summed E-state index contributed by atoms with van der Waals surface area (Å²) in [7, 11) is 0. The number of carbonyl (C=O) groups is 2. The minimum Gasteiger partial charge on any atom is -0.480 e. The number of nitrogens with zero attached hydrogens (tertiary/aromatic N) is 1. The molecule has 1 N–H and O–H groups in total. The number of carboxylic acids is 1. The smallest absolute Gasteiger partial charge is 0.320 e. The third kappa shape index (κ3) is 2.72. The maximum absolute atomic E-state index is 10.9. The lowest BCUT2D eigenvalue weighted by atomic mass is 10.1. The summed E-state index contributed by atoms with van der Waals surface area (Å²) >= 11 is 3.73. The Labute approximate surface area is 88.7 Å². The van der Waals surface area contributed by atoms with Gasteiger partial charge in [0.1, 0.15) is 6.04 Å². The van der Waals surface area contributed by atoms with E-state index in [1.807, 2.05) is 4.90 Å². The number of carboxylic acid groups (broad SMARTS) is 1. The molecule has 0 saturated carbocycles. The molecule has 0 aromatic heterocycles. The highest BCUT2D eigenvalue weighted by Gasteiger charge is 2.31. The Morgan fingerprint density at radius 3 is 2.79 bits per heavy atom. The van der Waals surface area contributed by atoms with Crippen LogP contribution in [0.3, 0.4) is 0 Å². The molecule has 0 aliphatic carbocycles. The third-order valence-corrected chi connectivity index (χ3v) is 3.02. The van der Waals surface area contributed by atoms with Crippen LogP contribution >= 0.6 is 12.6 Å². The predicted octanol–water partition coefficient (Wildman–Crippen LogP) is 0.628. The van der Waals surface area contributed by atoms with Crippen molar-refractivity contribution in [1.82, 2.24) is 4.90 Å². The van der Waals surface area contributed by atoms with Gasteiger partial charge in [-0.2, -0.15) is 0 Å². The summed E-state index contributed by atoms with van der Waals surface area (Å²) in [6.45, 7) is 3.04. The van der Waals surface area contributed by atoms with Crippen molar-refractivity contribution in [1.29, 1.82) is 0 Å². The summed E-state index contributed by atoms with van der Waals surface area (Å²) in [4.78, 5) is 23.6. The largest absolute Gasteiger partial charge is 0.480 e. The van der Waals surface area contributed by atoms with E-state index in [2.05, 4.69) is 12.6 Å². The van der Waals surface area contributed by atoms with Gasteiger partial charge in [-0.15, -0.1) is 12.6 Å². The van der Waals surface area contributed by atoms with Crippen LogP contribution in [-0.4, -0.2) is 40.2 Å². The Morgan fingerprint density at radius 1 is 1.64 bits per heavy atom. The number of thiol groups is 1. The second kappa shape index (κ2) is 4.79. The van der Waals surface area contributed by atoms with Crippen molar-refractivity contribution >= 4 is 23.7 Å². The van der Waals surface area contributed by atoms with E-state index in [0.717, 1.165) is 13.0 Å². The zero-order valence-electron chi connectivity index (χ0n) is 8.14. The number of aliphatic carboxylic acids is 1. The van der Waals surface area contributed by atoms with Crippen LogP contribution in [0, 0.1) is 5.92 Å². The van der Waals surface area contributed by atoms with Crippen LogP contribution in [-0.2, 0) is 9.59 Å². The van der Waals surface area contributed by atoms with Crippen molar-refractivity contribution in [2.45, 2.75) is 25.8 Å². The maximum atomic E-state index is 10.9. The zero-order valence-corrected chi connectivity index (χ0v) is 9.04. The van der Waals surface area contributed by atoms with E-state index in [1.54, 1.807) is 6.92 Å². The minimum atomic E-state index is -0.790. The summed E-state index contributed by atoms with van der Waals surface area (Å²) in [5.41, 5.74) is 0. The fourth-order valence-corrected chi connectivity index (χ4v) is 1.84. The Balaban J connectivity index is 2.51. The summed E-state index contributed by atoms with van der Waals surface area (Å²) in [5.74, 6) is -0.986. The van der Waals surface area contributed by atoms with Gasteiger partial charge in [0.15, 0.2) is 5.12 Å². The second-order valence-corrected chi connectivity index (χ2v) is 4.17. The van der Waals surface area contributed by atoms with Gasteiger partial charge in [-0.05, 0) is 19.4 Å². The number of hydrogen-bond donors (Lipinski definition) is 2. The van der Waals surface area contributed by atoms with Gasteiger partial charge >= 0.3 is 5.97 Å². The van der Waals surface area contributed by atoms with E-state index >= 15 is 0 Å². The highest BCUT2D eigenvalue weighted by atomic mass is 32.1. The molecule has 1 saturated heterocycles. The first-order chi connectivity index (χ1) is 6.52. The Bertz CT molecular complexity index is 244. The molecule has 80 valence electrons. The van der Waals surface area contributed by atoms with Gasteiger partial charge in [-0.3, -0.25) is 14.5 Å². The lowest BCUT2D eigenvalue weighted by Gasteiger charge is -2.23. The van der Waals surface area contributed by atoms with Gasteiger partial charge in [0.2, 0.25) is 0 Å². The first kappa shape index (κ1) is 11.5. The molecular formula is C9H15NO3S. The molecule has 1 fully saturated rings. The van der Waals surface area contributed by atoms with E-state index in [0.29, 0.717) is 13.0 Å². The van der Waals surface area contributed by atoms with Crippen molar-refractivity contribution < 1.29 is 14.7 Å². The van der Waals surface area contributed by atoms with Crippen LogP contribution in [0.5, 0.6) is 0 Å². The van der Waals surface area contributed by atoms with E-state index in [4.69, 9.17) is 5.11 Å². The van der Waals surface area contributed by atoms with Crippen molar-refractivity contribution in [3.8, 4) is 0 Å². The van der Waals surface area contributed by atoms with Crippen molar-refractivity contribution in [2.75, 3.05) is 13.1 Å². The average molecular weight is 217 g/mol. The normalized spacial score (nSPS) is 24.9. The van der Waals surface area contributed by atoms with Gasteiger partial charge in [-0.25, -0.2) is 0 Å². The van der Waals surface area contributed by atoms with E-state index in [9.17, 15) is 9.59 Å². The van der Waals surface area contributed by atoms with Crippen LogP contribution in [0.15, 0.2) is 0 Å². The lowest BCUT2D eigenvalue weighted by molar-refractivity contribution is -0.142. The van der Waals surface area contributed by atoms with Gasteiger partial charge in [-0.1, -0.05) is 6.92 Å². The topological polar surface area (TPSA) is 57.6 Å². The average Bonchev–Trinajstić information content (AvgIpc) is 2.52. The Kier molecular flexibility index (Phi) is 3.95. The molecule has 1 aliphatic heterocycles. The fourth-order valence-electron chi connectivity index (χ4n) is 1.75. The van der Waals surface area contributed by atoms with Gasteiger partial charge < -0.3 is 5.11 Å². The molecule has 2 atom stereocenters. The molecule has 0 unspecified atom stereocenters. The first-order valence-corrected chi connectivity index (χ1v) is 5.16. The molecule has 5 heteroatoms. The SMILES string of the molecule is C[C@@H](CN1CCC[C@H]1C(=O)O)C(=O)S. The van der Waals surface area contributed by atoms with Crippen LogP contribution in [0.1, 0.15) is 19.8 Å². The summed E-state index contributed by atoms with van der Waals surface area (Å²) < 4.78 is 0. The number of carbonyl (C=O) groups excluding carboxylic acids is 1. The molecule has 0 bridgehead atoms. The molecule has 0 amide bonds. The van der Waals surface area contributed by atoms with E-state index in [1.165, 1.54) is 0 Å². The van der Waals surface area contributed by atoms with Crippen LogP contribution in [0.2, 0.25) is 0 Å². The molecule has 14 heavy (non-hydrogen) atoms. The van der Waals surface area contributed by atoms with Crippen LogP contribution in [0.4, 0.5) is 0 Å². The van der Waals surface area contributed by atoms with E-state index < -0.39 is 12.0 Å². The number of likely N-dealkylation sites (tertiary alicyclic amines) is 1. The molecule has 4 nitrogen and oxygen atoms in total. The predicted molar refractivity (Wildman–Crippen MR) is 55.4 cm³/mol. The van der Waals surface area contributed by atoms with Crippen molar-refractivity contribution in [3.63, 3.8) is 0 Å². The highest BCUT2D eigenvalue weighted by Crippen LogP contribution is 2.19. The molecule has 0 spiro atoms. The number of rotatable bonds is 4. The van der Waals surface area contributed by atoms with Gasteiger partial charge in [0.05, 0.1) is 0 Å². The van der Waals surface area contributed by atoms with Crippen molar-refractivity contribution in [3.05, 3.63) is 0 Å². The molecular weight excluding hydrogens is 202 g/mol. The molecule has 0 aromatic rings. The quantitative estimate of drug-likeness (QED) is 0.678. The fraction of sp³-hybridized carbons (Fsp3) is 0.778. The van der Waals surface area contributed by atoms with Crippen LogP contribution < -0.4 is 0 Å². The standard InChI is InChI=1S/C9H15NO3S/c1-6(9(13)14)5-10-4-2-3-7(10)8(11)12/h6-7H,2-5H2,1H3,(H,11,12)(H,13,14)/t6-,7-/m0/s1. The third-order valence-electron chi connectivity index (χ3n) is 2.58. The van der Waals surface area contributed by atoms with Gasteiger partial charge in [0, 0.05) is 12.5 Å².